The molecule has 1 heterocycles. The molecule has 0 bridgehead atoms. The van der Waals surface area contributed by atoms with E-state index in [0.29, 0.717) is 33.0 Å². The predicted molar refractivity (Wildman–Crippen MR) is 116 cm³/mol. The molecule has 7 heteroatoms. The summed E-state index contributed by atoms with van der Waals surface area (Å²) in [5, 5.41) is 10.3. The number of hydrogen-bond acceptors (Lipinski definition) is 5. The van der Waals surface area contributed by atoms with E-state index in [1.165, 1.54) is 0 Å². The van der Waals surface area contributed by atoms with E-state index in [0.717, 1.165) is 33.3 Å². The van der Waals surface area contributed by atoms with Crippen LogP contribution in [0.4, 0.5) is 0 Å². The van der Waals surface area contributed by atoms with Gasteiger partial charge in [-0.15, -0.1) is 0 Å². The minimum atomic E-state index is -0.531. The lowest BCUT2D eigenvalue weighted by Crippen LogP contribution is -2.43. The molecule has 0 saturated carbocycles. The zero-order valence-corrected chi connectivity index (χ0v) is 18.8. The maximum atomic E-state index is 10.3. The van der Waals surface area contributed by atoms with E-state index < -0.39 is 6.10 Å². The number of morpholine rings is 1. The number of β-amino-alcohol motifs (C(OH)–C–C–N with tert-alkyl or cyclic N) is 1. The molecule has 152 valence electrons. The highest BCUT2D eigenvalue weighted by atomic mass is 79.9. The molecule has 1 N–H and O–H groups in total. The van der Waals surface area contributed by atoms with Crippen LogP contribution in [-0.2, 0) is 9.47 Å². The molecule has 0 aliphatic carbocycles. The third-order valence-electron chi connectivity index (χ3n) is 4.48. The SMILES string of the molecule is OC(COCCOc1ccc(Br)cc1)CN1CCOC(c2ccc(Br)cc2)C1. The van der Waals surface area contributed by atoms with Gasteiger partial charge in [-0.2, -0.15) is 0 Å². The number of halogens is 2. The average Bonchev–Trinajstić information content (AvgIpc) is 2.70. The van der Waals surface area contributed by atoms with E-state index in [4.69, 9.17) is 14.2 Å². The van der Waals surface area contributed by atoms with Gasteiger partial charge in [-0.3, -0.25) is 4.90 Å². The fraction of sp³-hybridized carbons (Fsp3) is 0.429. The van der Waals surface area contributed by atoms with Gasteiger partial charge in [-0.1, -0.05) is 44.0 Å². The number of nitrogens with zero attached hydrogens (tertiary/aromatic N) is 1. The first-order valence-corrected chi connectivity index (χ1v) is 10.9. The summed E-state index contributed by atoms with van der Waals surface area (Å²) in [6.45, 7) is 4.01. The molecule has 0 radical (unpaired) electrons. The van der Waals surface area contributed by atoms with Crippen molar-refractivity contribution in [2.75, 3.05) is 46.1 Å². The summed E-state index contributed by atoms with van der Waals surface area (Å²) in [5.74, 6) is 0.805. The summed E-state index contributed by atoms with van der Waals surface area (Å²) in [4.78, 5) is 2.22. The molecule has 28 heavy (non-hydrogen) atoms. The Morgan fingerprint density at radius 1 is 1.04 bits per heavy atom. The van der Waals surface area contributed by atoms with Gasteiger partial charge in [0.05, 0.1) is 32.0 Å². The van der Waals surface area contributed by atoms with Crippen LogP contribution in [0.15, 0.2) is 57.5 Å². The molecule has 0 amide bonds. The summed E-state index contributed by atoms with van der Waals surface area (Å²) >= 11 is 6.85. The molecule has 1 aliphatic heterocycles. The van der Waals surface area contributed by atoms with Gasteiger partial charge in [0.2, 0.25) is 0 Å². The Morgan fingerprint density at radius 3 is 2.43 bits per heavy atom. The van der Waals surface area contributed by atoms with Crippen LogP contribution in [0.1, 0.15) is 11.7 Å². The van der Waals surface area contributed by atoms with E-state index in [1.54, 1.807) is 0 Å². The number of aliphatic hydroxyl groups is 1. The summed E-state index contributed by atoms with van der Waals surface area (Å²) < 4.78 is 19.1. The molecule has 1 fully saturated rings. The van der Waals surface area contributed by atoms with Crippen molar-refractivity contribution in [1.29, 1.82) is 0 Å². The van der Waals surface area contributed by atoms with Crippen molar-refractivity contribution in [3.8, 4) is 5.75 Å². The monoisotopic (exact) mass is 513 g/mol. The first-order chi connectivity index (χ1) is 13.6. The quantitative estimate of drug-likeness (QED) is 0.512. The number of hydrogen-bond donors (Lipinski definition) is 1. The van der Waals surface area contributed by atoms with E-state index in [-0.39, 0.29) is 6.10 Å². The van der Waals surface area contributed by atoms with Crippen molar-refractivity contribution < 1.29 is 19.3 Å². The van der Waals surface area contributed by atoms with Crippen LogP contribution in [0, 0.1) is 0 Å². The van der Waals surface area contributed by atoms with Crippen LogP contribution in [0.5, 0.6) is 5.75 Å². The molecule has 0 spiro atoms. The van der Waals surface area contributed by atoms with Gasteiger partial charge in [-0.05, 0) is 42.0 Å². The lowest BCUT2D eigenvalue weighted by Gasteiger charge is -2.34. The largest absolute Gasteiger partial charge is 0.491 e. The third-order valence-corrected chi connectivity index (χ3v) is 5.54. The van der Waals surface area contributed by atoms with E-state index in [1.807, 2.05) is 36.4 Å². The van der Waals surface area contributed by atoms with Crippen molar-refractivity contribution >= 4 is 31.9 Å². The maximum absolute atomic E-state index is 10.3. The Hall–Kier alpha value is -0.960. The minimum Gasteiger partial charge on any atom is -0.491 e. The fourth-order valence-corrected chi connectivity index (χ4v) is 3.60. The molecular weight excluding hydrogens is 490 g/mol. The lowest BCUT2D eigenvalue weighted by molar-refractivity contribution is -0.0534. The van der Waals surface area contributed by atoms with Crippen molar-refractivity contribution in [1.82, 2.24) is 4.90 Å². The molecule has 3 rings (SSSR count). The number of benzene rings is 2. The molecule has 2 aromatic carbocycles. The van der Waals surface area contributed by atoms with Crippen molar-refractivity contribution in [2.24, 2.45) is 0 Å². The average molecular weight is 515 g/mol. The van der Waals surface area contributed by atoms with E-state index >= 15 is 0 Å². The number of rotatable bonds is 9. The second kappa shape index (κ2) is 11.3. The van der Waals surface area contributed by atoms with Crippen molar-refractivity contribution in [3.05, 3.63) is 63.0 Å². The van der Waals surface area contributed by atoms with E-state index in [9.17, 15) is 5.11 Å². The molecule has 2 unspecified atom stereocenters. The molecule has 2 atom stereocenters. The van der Waals surface area contributed by atoms with Gasteiger partial charge >= 0.3 is 0 Å². The highest BCUT2D eigenvalue weighted by Gasteiger charge is 2.23. The first kappa shape index (κ1) is 21.7. The lowest BCUT2D eigenvalue weighted by atomic mass is 10.1. The van der Waals surface area contributed by atoms with Crippen LogP contribution in [-0.4, -0.2) is 62.2 Å². The van der Waals surface area contributed by atoms with Crippen molar-refractivity contribution in [2.45, 2.75) is 12.2 Å². The van der Waals surface area contributed by atoms with Gasteiger partial charge < -0.3 is 19.3 Å². The molecule has 0 aromatic heterocycles. The summed E-state index contributed by atoms with van der Waals surface area (Å²) in [6, 6.07) is 15.9. The molecule has 2 aromatic rings. The Labute approximate surface area is 182 Å². The van der Waals surface area contributed by atoms with Crippen LogP contribution < -0.4 is 4.74 Å². The van der Waals surface area contributed by atoms with Crippen LogP contribution in [0.25, 0.3) is 0 Å². The Balaban J connectivity index is 1.33. The highest BCUT2D eigenvalue weighted by molar-refractivity contribution is 9.10. The Morgan fingerprint density at radius 2 is 1.71 bits per heavy atom. The molecule has 1 saturated heterocycles. The van der Waals surface area contributed by atoms with E-state index in [2.05, 4.69) is 48.9 Å². The smallest absolute Gasteiger partial charge is 0.119 e. The molecular formula is C21H25Br2NO4. The highest BCUT2D eigenvalue weighted by Crippen LogP contribution is 2.24. The van der Waals surface area contributed by atoms with Gasteiger partial charge in [0.25, 0.3) is 0 Å². The Bertz CT molecular complexity index is 711. The topological polar surface area (TPSA) is 51.2 Å². The Kier molecular flexibility index (Phi) is 8.76. The van der Waals surface area contributed by atoms with Crippen molar-refractivity contribution in [3.63, 3.8) is 0 Å². The summed E-state index contributed by atoms with van der Waals surface area (Å²) in [7, 11) is 0. The second-order valence-corrected chi connectivity index (χ2v) is 8.53. The number of ether oxygens (including phenoxy) is 3. The first-order valence-electron chi connectivity index (χ1n) is 9.34. The fourth-order valence-electron chi connectivity index (χ4n) is 3.07. The second-order valence-electron chi connectivity index (χ2n) is 6.70. The molecule has 5 nitrogen and oxygen atoms in total. The molecule has 1 aliphatic rings. The van der Waals surface area contributed by atoms with Crippen LogP contribution >= 0.6 is 31.9 Å². The minimum absolute atomic E-state index is 0.0364. The third kappa shape index (κ3) is 7.13. The zero-order valence-electron chi connectivity index (χ0n) is 15.6. The van der Waals surface area contributed by atoms with Gasteiger partial charge in [-0.25, -0.2) is 0 Å². The zero-order chi connectivity index (χ0) is 19.8. The van der Waals surface area contributed by atoms with Gasteiger partial charge in [0, 0.05) is 28.6 Å². The standard InChI is InChI=1S/C21H25Br2NO4/c22-17-3-1-16(2-4-17)21-14-24(9-10-28-21)13-19(25)15-26-11-12-27-20-7-5-18(23)6-8-20/h1-8,19,21,25H,9-15H2. The predicted octanol–water partition coefficient (Wildman–Crippen LogP) is 4.04. The van der Waals surface area contributed by atoms with Crippen LogP contribution in [0.2, 0.25) is 0 Å². The maximum Gasteiger partial charge on any atom is 0.119 e. The van der Waals surface area contributed by atoms with Gasteiger partial charge in [0.1, 0.15) is 12.4 Å². The number of aliphatic hydroxyl groups excluding tert-OH is 1. The summed E-state index contributed by atoms with van der Waals surface area (Å²) in [5.41, 5.74) is 1.16. The normalized spacial score (nSPS) is 18.8. The van der Waals surface area contributed by atoms with Gasteiger partial charge in [0.15, 0.2) is 0 Å². The summed E-state index contributed by atoms with van der Waals surface area (Å²) in [6.07, 6.45) is -0.495. The van der Waals surface area contributed by atoms with Crippen LogP contribution in [0.3, 0.4) is 0 Å².